The molecular formula is C9H12N2O3S. The second-order valence-corrected chi connectivity index (χ2v) is 3.75. The van der Waals surface area contributed by atoms with Gasteiger partial charge in [-0.05, 0) is 6.42 Å². The van der Waals surface area contributed by atoms with Gasteiger partial charge in [-0.1, -0.05) is 6.92 Å². The van der Waals surface area contributed by atoms with Gasteiger partial charge in [-0.3, -0.25) is 9.59 Å². The van der Waals surface area contributed by atoms with Gasteiger partial charge in [-0.15, -0.1) is 11.3 Å². The van der Waals surface area contributed by atoms with Gasteiger partial charge in [0.05, 0.1) is 11.4 Å². The average molecular weight is 228 g/mol. The van der Waals surface area contributed by atoms with Crippen molar-refractivity contribution in [2.45, 2.75) is 13.3 Å². The maximum Gasteiger partial charge on any atom is 0.308 e. The Morgan fingerprint density at radius 2 is 2.40 bits per heavy atom. The lowest BCUT2D eigenvalue weighted by Gasteiger charge is -2.09. The summed E-state index contributed by atoms with van der Waals surface area (Å²) >= 11 is 1.33. The van der Waals surface area contributed by atoms with Crippen LogP contribution in [0.25, 0.3) is 0 Å². The predicted octanol–water partition coefficient (Wildman–Crippen LogP) is 0.984. The molecule has 5 nitrogen and oxygen atoms in total. The summed E-state index contributed by atoms with van der Waals surface area (Å²) in [5.41, 5.74) is 1.89. The van der Waals surface area contributed by atoms with E-state index in [1.54, 1.807) is 17.8 Å². The Balaban J connectivity index is 2.43. The molecule has 2 N–H and O–H groups in total. The van der Waals surface area contributed by atoms with Crippen molar-refractivity contribution in [1.82, 2.24) is 10.3 Å². The zero-order chi connectivity index (χ0) is 11.3. The molecule has 1 atom stereocenters. The first kappa shape index (κ1) is 11.6. The van der Waals surface area contributed by atoms with E-state index in [9.17, 15) is 9.59 Å². The highest BCUT2D eigenvalue weighted by Crippen LogP contribution is 2.03. The quantitative estimate of drug-likeness (QED) is 0.787. The number of carboxylic acids is 1. The van der Waals surface area contributed by atoms with Crippen LogP contribution in [0.15, 0.2) is 10.9 Å². The van der Waals surface area contributed by atoms with Gasteiger partial charge in [0.25, 0.3) is 5.91 Å². The zero-order valence-corrected chi connectivity index (χ0v) is 9.08. The summed E-state index contributed by atoms with van der Waals surface area (Å²) in [5.74, 6) is -1.75. The summed E-state index contributed by atoms with van der Waals surface area (Å²) in [4.78, 5) is 25.9. The molecule has 0 aliphatic carbocycles. The van der Waals surface area contributed by atoms with Gasteiger partial charge in [0.1, 0.15) is 5.69 Å². The molecule has 6 heteroatoms. The molecule has 0 bridgehead atoms. The van der Waals surface area contributed by atoms with E-state index in [4.69, 9.17) is 5.11 Å². The van der Waals surface area contributed by atoms with Crippen LogP contribution in [0.1, 0.15) is 23.8 Å². The first-order chi connectivity index (χ1) is 7.15. The lowest BCUT2D eigenvalue weighted by Crippen LogP contribution is -2.32. The molecule has 0 aliphatic heterocycles. The number of amides is 1. The number of aliphatic carboxylic acids is 1. The molecule has 15 heavy (non-hydrogen) atoms. The molecule has 1 amide bonds. The summed E-state index contributed by atoms with van der Waals surface area (Å²) in [6, 6.07) is 0. The monoisotopic (exact) mass is 228 g/mol. The van der Waals surface area contributed by atoms with E-state index < -0.39 is 11.9 Å². The Morgan fingerprint density at radius 3 is 2.87 bits per heavy atom. The Kier molecular flexibility index (Phi) is 4.23. The molecule has 1 aromatic heterocycles. The molecule has 1 aromatic rings. The molecule has 0 aromatic carbocycles. The maximum absolute atomic E-state index is 11.4. The Hall–Kier alpha value is -1.43. The van der Waals surface area contributed by atoms with Crippen LogP contribution in [-0.2, 0) is 4.79 Å². The van der Waals surface area contributed by atoms with Crippen molar-refractivity contribution in [3.63, 3.8) is 0 Å². The summed E-state index contributed by atoms with van der Waals surface area (Å²) in [6.07, 6.45) is 0.493. The Morgan fingerprint density at radius 1 is 1.67 bits per heavy atom. The second kappa shape index (κ2) is 5.45. The molecule has 0 saturated heterocycles. The van der Waals surface area contributed by atoms with Crippen LogP contribution in [0.4, 0.5) is 0 Å². The number of carbonyl (C=O) groups is 2. The standard InChI is InChI=1S/C9H12N2O3S/c1-2-6(9(13)14)3-10-8(12)7-4-15-5-11-7/h4-6H,2-3H2,1H3,(H,10,12)(H,13,14). The fourth-order valence-corrected chi connectivity index (χ4v) is 1.57. The molecule has 0 saturated carbocycles. The van der Waals surface area contributed by atoms with Crippen LogP contribution in [-0.4, -0.2) is 28.5 Å². The second-order valence-electron chi connectivity index (χ2n) is 3.03. The van der Waals surface area contributed by atoms with Gasteiger partial charge in [-0.25, -0.2) is 4.98 Å². The fraction of sp³-hybridized carbons (Fsp3) is 0.444. The number of rotatable bonds is 5. The van der Waals surface area contributed by atoms with Gasteiger partial charge in [0, 0.05) is 11.9 Å². The molecule has 1 heterocycles. The van der Waals surface area contributed by atoms with E-state index in [0.29, 0.717) is 12.1 Å². The number of thiazole rings is 1. The summed E-state index contributed by atoms with van der Waals surface area (Å²) < 4.78 is 0. The smallest absolute Gasteiger partial charge is 0.308 e. The molecule has 0 spiro atoms. The third kappa shape index (κ3) is 3.32. The average Bonchev–Trinajstić information content (AvgIpc) is 2.70. The lowest BCUT2D eigenvalue weighted by atomic mass is 10.1. The summed E-state index contributed by atoms with van der Waals surface area (Å²) in [5, 5.41) is 12.9. The maximum atomic E-state index is 11.4. The van der Waals surface area contributed by atoms with Crippen LogP contribution in [0.5, 0.6) is 0 Å². The SMILES string of the molecule is CCC(CNC(=O)c1cscn1)C(=O)O. The van der Waals surface area contributed by atoms with Crippen molar-refractivity contribution in [3.05, 3.63) is 16.6 Å². The van der Waals surface area contributed by atoms with Crippen molar-refractivity contribution in [2.75, 3.05) is 6.54 Å². The highest BCUT2D eigenvalue weighted by molar-refractivity contribution is 7.07. The molecule has 1 unspecified atom stereocenters. The molecular weight excluding hydrogens is 216 g/mol. The van der Waals surface area contributed by atoms with Gasteiger partial charge in [0.15, 0.2) is 0 Å². The van der Waals surface area contributed by atoms with Gasteiger partial charge < -0.3 is 10.4 Å². The third-order valence-corrected chi connectivity index (χ3v) is 2.60. The summed E-state index contributed by atoms with van der Waals surface area (Å²) in [7, 11) is 0. The van der Waals surface area contributed by atoms with Crippen LogP contribution in [0.2, 0.25) is 0 Å². The van der Waals surface area contributed by atoms with Crippen molar-refractivity contribution < 1.29 is 14.7 Å². The van der Waals surface area contributed by atoms with Crippen LogP contribution >= 0.6 is 11.3 Å². The number of hydrogen-bond acceptors (Lipinski definition) is 4. The lowest BCUT2D eigenvalue weighted by molar-refractivity contribution is -0.141. The van der Waals surface area contributed by atoms with Crippen LogP contribution in [0, 0.1) is 5.92 Å². The van der Waals surface area contributed by atoms with E-state index in [1.165, 1.54) is 11.3 Å². The molecule has 0 aliphatic rings. The normalized spacial score (nSPS) is 12.1. The highest BCUT2D eigenvalue weighted by atomic mass is 32.1. The van der Waals surface area contributed by atoms with Crippen molar-refractivity contribution >= 4 is 23.2 Å². The van der Waals surface area contributed by atoms with Gasteiger partial charge >= 0.3 is 5.97 Å². The first-order valence-corrected chi connectivity index (χ1v) is 5.48. The number of nitrogens with zero attached hydrogens (tertiary/aromatic N) is 1. The van der Waals surface area contributed by atoms with E-state index in [1.807, 2.05) is 0 Å². The third-order valence-electron chi connectivity index (χ3n) is 2.02. The van der Waals surface area contributed by atoms with E-state index >= 15 is 0 Å². The Bertz CT molecular complexity index is 337. The van der Waals surface area contributed by atoms with Crippen molar-refractivity contribution in [3.8, 4) is 0 Å². The number of carboxylic acid groups (broad SMARTS) is 1. The first-order valence-electron chi connectivity index (χ1n) is 4.54. The van der Waals surface area contributed by atoms with Gasteiger partial charge in [0.2, 0.25) is 0 Å². The zero-order valence-electron chi connectivity index (χ0n) is 8.27. The molecule has 1 rings (SSSR count). The fourth-order valence-electron chi connectivity index (χ4n) is 1.04. The molecule has 82 valence electrons. The minimum absolute atomic E-state index is 0.141. The van der Waals surface area contributed by atoms with Crippen LogP contribution < -0.4 is 5.32 Å². The highest BCUT2D eigenvalue weighted by Gasteiger charge is 2.16. The topological polar surface area (TPSA) is 79.3 Å². The number of nitrogens with one attached hydrogen (secondary N) is 1. The van der Waals surface area contributed by atoms with Gasteiger partial charge in [-0.2, -0.15) is 0 Å². The minimum atomic E-state index is -0.893. The van der Waals surface area contributed by atoms with Crippen LogP contribution in [0.3, 0.4) is 0 Å². The van der Waals surface area contributed by atoms with Crippen molar-refractivity contribution in [1.29, 1.82) is 0 Å². The number of aromatic nitrogens is 1. The molecule has 0 fully saturated rings. The molecule has 0 radical (unpaired) electrons. The largest absolute Gasteiger partial charge is 0.481 e. The Labute approximate surface area is 91.1 Å². The summed E-state index contributed by atoms with van der Waals surface area (Å²) in [6.45, 7) is 1.91. The predicted molar refractivity (Wildman–Crippen MR) is 55.9 cm³/mol. The van der Waals surface area contributed by atoms with E-state index in [0.717, 1.165) is 0 Å². The number of carbonyl (C=O) groups excluding carboxylic acids is 1. The van der Waals surface area contributed by atoms with E-state index in [-0.39, 0.29) is 12.5 Å². The van der Waals surface area contributed by atoms with E-state index in [2.05, 4.69) is 10.3 Å². The minimum Gasteiger partial charge on any atom is -0.481 e. The van der Waals surface area contributed by atoms with Crippen molar-refractivity contribution in [2.24, 2.45) is 5.92 Å². The number of hydrogen-bond donors (Lipinski definition) is 2.